The maximum absolute atomic E-state index is 11.2. The van der Waals surface area contributed by atoms with Gasteiger partial charge in [-0.05, 0) is 25.0 Å². The zero-order valence-electron chi connectivity index (χ0n) is 12.5. The number of aromatic carboxylic acids is 1. The lowest BCUT2D eigenvalue weighted by Crippen LogP contribution is -2.40. The van der Waals surface area contributed by atoms with Crippen LogP contribution >= 0.6 is 0 Å². The van der Waals surface area contributed by atoms with Gasteiger partial charge in [-0.3, -0.25) is 0 Å². The van der Waals surface area contributed by atoms with Crippen LogP contribution in [0.25, 0.3) is 11.0 Å². The lowest BCUT2D eigenvalue weighted by Gasteiger charge is -2.26. The molecule has 1 aliphatic carbocycles. The molecule has 1 saturated heterocycles. The fourth-order valence-corrected chi connectivity index (χ4v) is 3.52. The third-order valence-corrected chi connectivity index (χ3v) is 4.89. The molecule has 0 bridgehead atoms. The van der Waals surface area contributed by atoms with Gasteiger partial charge in [-0.15, -0.1) is 0 Å². The molecule has 22 heavy (non-hydrogen) atoms. The Morgan fingerprint density at radius 3 is 2.64 bits per heavy atom. The van der Waals surface area contributed by atoms with Gasteiger partial charge in [0.25, 0.3) is 0 Å². The van der Waals surface area contributed by atoms with Gasteiger partial charge in [0, 0.05) is 24.4 Å². The van der Waals surface area contributed by atoms with Crippen LogP contribution in [0, 0.1) is 0 Å². The Bertz CT molecular complexity index is 714. The summed E-state index contributed by atoms with van der Waals surface area (Å²) in [4.78, 5) is 15.6. The number of carbonyl (C=O) groups is 1. The summed E-state index contributed by atoms with van der Waals surface area (Å²) < 4.78 is 2.01. The highest BCUT2D eigenvalue weighted by Gasteiger charge is 2.28. The standard InChI is InChI=1S/C16H20N4O2/c21-16(22)13-7-6-12-14(10-8-17-9-10)19-20(15(12)18-13)11-4-2-1-3-5-11/h6-7,10-11,17H,1-5,8-9H2,(H,21,22). The zero-order valence-corrected chi connectivity index (χ0v) is 12.5. The molecule has 6 heteroatoms. The van der Waals surface area contributed by atoms with Gasteiger partial charge in [0.05, 0.1) is 11.7 Å². The van der Waals surface area contributed by atoms with Crippen LogP contribution < -0.4 is 5.32 Å². The predicted octanol–water partition coefficient (Wildman–Crippen LogP) is 2.32. The highest BCUT2D eigenvalue weighted by molar-refractivity contribution is 5.89. The van der Waals surface area contributed by atoms with E-state index in [1.54, 1.807) is 6.07 Å². The summed E-state index contributed by atoms with van der Waals surface area (Å²) in [5.41, 5.74) is 1.92. The monoisotopic (exact) mass is 300 g/mol. The molecular weight excluding hydrogens is 280 g/mol. The van der Waals surface area contributed by atoms with E-state index in [1.165, 1.54) is 19.3 Å². The third kappa shape index (κ3) is 2.18. The van der Waals surface area contributed by atoms with E-state index >= 15 is 0 Å². The molecule has 0 unspecified atom stereocenters. The second-order valence-corrected chi connectivity index (χ2v) is 6.35. The molecule has 0 atom stereocenters. The van der Waals surface area contributed by atoms with Gasteiger partial charge < -0.3 is 10.4 Å². The molecule has 0 aromatic carbocycles. The molecule has 0 radical (unpaired) electrons. The number of pyridine rings is 1. The Hall–Kier alpha value is -1.95. The number of aromatic nitrogens is 3. The van der Waals surface area contributed by atoms with E-state index in [1.807, 2.05) is 10.7 Å². The van der Waals surface area contributed by atoms with Gasteiger partial charge in [0.1, 0.15) is 0 Å². The van der Waals surface area contributed by atoms with Crippen LogP contribution in [-0.2, 0) is 0 Å². The average Bonchev–Trinajstić information content (AvgIpc) is 2.85. The molecular formula is C16H20N4O2. The van der Waals surface area contributed by atoms with E-state index < -0.39 is 5.97 Å². The predicted molar refractivity (Wildman–Crippen MR) is 82.2 cm³/mol. The third-order valence-electron chi connectivity index (χ3n) is 4.89. The highest BCUT2D eigenvalue weighted by Crippen LogP contribution is 2.33. The quantitative estimate of drug-likeness (QED) is 0.909. The van der Waals surface area contributed by atoms with Crippen molar-refractivity contribution in [2.45, 2.75) is 44.1 Å². The van der Waals surface area contributed by atoms with Crippen LogP contribution in [0.15, 0.2) is 12.1 Å². The van der Waals surface area contributed by atoms with Crippen molar-refractivity contribution in [1.82, 2.24) is 20.1 Å². The topological polar surface area (TPSA) is 80.0 Å². The molecule has 1 aliphatic heterocycles. The first-order chi connectivity index (χ1) is 10.7. The Labute approximate surface area is 128 Å². The van der Waals surface area contributed by atoms with Crippen molar-refractivity contribution in [3.05, 3.63) is 23.5 Å². The molecule has 4 rings (SSSR count). The van der Waals surface area contributed by atoms with Crippen molar-refractivity contribution in [2.24, 2.45) is 0 Å². The van der Waals surface area contributed by atoms with Crippen LogP contribution in [0.2, 0.25) is 0 Å². The van der Waals surface area contributed by atoms with E-state index in [4.69, 9.17) is 5.10 Å². The average molecular weight is 300 g/mol. The fourth-order valence-electron chi connectivity index (χ4n) is 3.52. The zero-order chi connectivity index (χ0) is 15.1. The maximum Gasteiger partial charge on any atom is 0.354 e. The minimum Gasteiger partial charge on any atom is -0.477 e. The van der Waals surface area contributed by atoms with Crippen molar-refractivity contribution in [3.8, 4) is 0 Å². The van der Waals surface area contributed by atoms with Gasteiger partial charge in [0.2, 0.25) is 0 Å². The Morgan fingerprint density at radius 2 is 2.00 bits per heavy atom. The van der Waals surface area contributed by atoms with Crippen molar-refractivity contribution < 1.29 is 9.90 Å². The maximum atomic E-state index is 11.2. The lowest BCUT2D eigenvalue weighted by molar-refractivity contribution is 0.0691. The minimum atomic E-state index is -0.981. The molecule has 1 saturated carbocycles. The second-order valence-electron chi connectivity index (χ2n) is 6.35. The van der Waals surface area contributed by atoms with Crippen LogP contribution in [0.1, 0.15) is 60.2 Å². The number of nitrogens with zero attached hydrogens (tertiary/aromatic N) is 3. The molecule has 2 aromatic heterocycles. The van der Waals surface area contributed by atoms with Crippen LogP contribution in [-0.4, -0.2) is 38.9 Å². The normalized spacial score (nSPS) is 20.2. The number of nitrogens with one attached hydrogen (secondary N) is 1. The van der Waals surface area contributed by atoms with Gasteiger partial charge in [0.15, 0.2) is 11.3 Å². The highest BCUT2D eigenvalue weighted by atomic mass is 16.4. The Morgan fingerprint density at radius 1 is 1.23 bits per heavy atom. The first kappa shape index (κ1) is 13.7. The summed E-state index contributed by atoms with van der Waals surface area (Å²) in [6.07, 6.45) is 5.93. The van der Waals surface area contributed by atoms with Gasteiger partial charge in [-0.25, -0.2) is 14.5 Å². The molecule has 2 fully saturated rings. The SMILES string of the molecule is O=C(O)c1ccc2c(C3CNC3)nn(C3CCCCC3)c2n1. The van der Waals surface area contributed by atoms with E-state index in [0.29, 0.717) is 12.0 Å². The number of fused-ring (bicyclic) bond motifs is 1. The molecule has 3 heterocycles. The number of carboxylic acids is 1. The number of hydrogen-bond acceptors (Lipinski definition) is 4. The molecule has 0 amide bonds. The minimum absolute atomic E-state index is 0.0998. The molecule has 2 aliphatic rings. The summed E-state index contributed by atoms with van der Waals surface area (Å²) in [7, 11) is 0. The van der Waals surface area contributed by atoms with E-state index in [9.17, 15) is 9.90 Å². The molecule has 2 N–H and O–H groups in total. The van der Waals surface area contributed by atoms with Gasteiger partial charge >= 0.3 is 5.97 Å². The van der Waals surface area contributed by atoms with Crippen molar-refractivity contribution in [1.29, 1.82) is 0 Å². The van der Waals surface area contributed by atoms with Gasteiger partial charge in [-0.2, -0.15) is 5.10 Å². The summed E-state index contributed by atoms with van der Waals surface area (Å²) in [6, 6.07) is 3.83. The number of rotatable bonds is 3. The van der Waals surface area contributed by atoms with Crippen LogP contribution in [0.5, 0.6) is 0 Å². The molecule has 116 valence electrons. The fraction of sp³-hybridized carbons (Fsp3) is 0.562. The van der Waals surface area contributed by atoms with Crippen molar-refractivity contribution >= 4 is 17.0 Å². The van der Waals surface area contributed by atoms with Crippen molar-refractivity contribution in [2.75, 3.05) is 13.1 Å². The van der Waals surface area contributed by atoms with E-state index in [0.717, 1.165) is 42.7 Å². The van der Waals surface area contributed by atoms with Crippen LogP contribution in [0.3, 0.4) is 0 Å². The van der Waals surface area contributed by atoms with Crippen molar-refractivity contribution in [3.63, 3.8) is 0 Å². The van der Waals surface area contributed by atoms with Crippen LogP contribution in [0.4, 0.5) is 0 Å². The largest absolute Gasteiger partial charge is 0.477 e. The summed E-state index contributed by atoms with van der Waals surface area (Å²) in [5.74, 6) is -0.560. The Kier molecular flexibility index (Phi) is 3.33. The first-order valence-electron chi connectivity index (χ1n) is 8.07. The Balaban J connectivity index is 1.84. The summed E-state index contributed by atoms with van der Waals surface area (Å²) in [6.45, 7) is 1.88. The molecule has 2 aromatic rings. The molecule has 6 nitrogen and oxygen atoms in total. The lowest BCUT2D eigenvalue weighted by atomic mass is 9.95. The number of hydrogen-bond donors (Lipinski definition) is 2. The number of carboxylic acid groups (broad SMARTS) is 1. The first-order valence-corrected chi connectivity index (χ1v) is 8.07. The van der Waals surface area contributed by atoms with E-state index in [-0.39, 0.29) is 5.69 Å². The van der Waals surface area contributed by atoms with Gasteiger partial charge in [-0.1, -0.05) is 19.3 Å². The summed E-state index contributed by atoms with van der Waals surface area (Å²) >= 11 is 0. The van der Waals surface area contributed by atoms with E-state index in [2.05, 4.69) is 10.3 Å². The summed E-state index contributed by atoms with van der Waals surface area (Å²) in [5, 5.41) is 18.4. The second kappa shape index (κ2) is 5.35. The smallest absolute Gasteiger partial charge is 0.354 e. The molecule has 0 spiro atoms.